The molecule has 0 bridgehead atoms. The molecule has 0 spiro atoms. The zero-order valence-electron chi connectivity index (χ0n) is 28.1. The highest BCUT2D eigenvalue weighted by molar-refractivity contribution is 5.72. The van der Waals surface area contributed by atoms with Crippen molar-refractivity contribution in [1.82, 2.24) is 20.6 Å². The van der Waals surface area contributed by atoms with Crippen LogP contribution in [0, 0.1) is 19.8 Å². The van der Waals surface area contributed by atoms with E-state index in [0.717, 1.165) is 51.1 Å². The van der Waals surface area contributed by atoms with E-state index in [0.29, 0.717) is 62.3 Å². The van der Waals surface area contributed by atoms with Gasteiger partial charge < -0.3 is 34.7 Å². The summed E-state index contributed by atoms with van der Waals surface area (Å²) in [5.74, 6) is 2.66. The first kappa shape index (κ1) is 34.7. The fraction of sp³-hybridized carbons (Fsp3) is 0.405. The second-order valence-corrected chi connectivity index (χ2v) is 11.9. The quantitative estimate of drug-likeness (QED) is 0.127. The molecule has 0 aliphatic heterocycles. The lowest BCUT2D eigenvalue weighted by Gasteiger charge is -2.17. The maximum Gasteiger partial charge on any atom is 0.220 e. The fourth-order valence-electron chi connectivity index (χ4n) is 5.17. The van der Waals surface area contributed by atoms with E-state index in [1.165, 1.54) is 0 Å². The van der Waals surface area contributed by atoms with E-state index < -0.39 is 6.10 Å². The van der Waals surface area contributed by atoms with Crippen molar-refractivity contribution in [2.45, 2.75) is 67.0 Å². The maximum absolute atomic E-state index is 9.50. The van der Waals surface area contributed by atoms with Crippen LogP contribution in [0.4, 0.5) is 0 Å². The average molecular weight is 629 g/mol. The van der Waals surface area contributed by atoms with Gasteiger partial charge in [0.2, 0.25) is 23.5 Å². The van der Waals surface area contributed by atoms with Crippen LogP contribution in [-0.2, 0) is 26.3 Å². The fourth-order valence-corrected chi connectivity index (χ4v) is 5.17. The Balaban J connectivity index is 1.44. The van der Waals surface area contributed by atoms with Crippen LogP contribution in [0.2, 0.25) is 0 Å². The molecule has 2 aromatic carbocycles. The predicted octanol–water partition coefficient (Wildman–Crippen LogP) is 6.15. The topological polar surface area (TPSA) is 107 Å². The maximum atomic E-state index is 9.50. The molecule has 1 atom stereocenters. The zero-order valence-corrected chi connectivity index (χ0v) is 28.1. The number of rotatable bonds is 17. The molecule has 0 fully saturated rings. The van der Waals surface area contributed by atoms with Gasteiger partial charge in [-0.3, -0.25) is 0 Å². The molecule has 4 rings (SSSR count). The largest absolute Gasteiger partial charge is 0.481 e. The minimum Gasteiger partial charge on any atom is -0.481 e. The monoisotopic (exact) mass is 628 g/mol. The zero-order chi connectivity index (χ0) is 33.1. The molecule has 9 heteroatoms. The van der Waals surface area contributed by atoms with Gasteiger partial charge >= 0.3 is 0 Å². The van der Waals surface area contributed by atoms with Gasteiger partial charge in [-0.25, -0.2) is 0 Å². The van der Waals surface area contributed by atoms with E-state index in [1.807, 2.05) is 24.3 Å². The Kier molecular flexibility index (Phi) is 12.8. The summed E-state index contributed by atoms with van der Waals surface area (Å²) in [6.45, 7) is 13.8. The van der Waals surface area contributed by atoms with E-state index in [9.17, 15) is 5.11 Å². The van der Waals surface area contributed by atoms with Crippen LogP contribution < -0.4 is 29.6 Å². The summed E-state index contributed by atoms with van der Waals surface area (Å²) >= 11 is 0. The second-order valence-electron chi connectivity index (χ2n) is 11.9. The van der Waals surface area contributed by atoms with Gasteiger partial charge in [0.15, 0.2) is 0 Å². The number of aliphatic hydroxyl groups excluding tert-OH is 1. The van der Waals surface area contributed by atoms with Gasteiger partial charge in [0.05, 0.1) is 20.3 Å². The third-order valence-corrected chi connectivity index (χ3v) is 7.77. The van der Waals surface area contributed by atoms with Gasteiger partial charge in [0.25, 0.3) is 0 Å². The van der Waals surface area contributed by atoms with Crippen molar-refractivity contribution in [1.29, 1.82) is 0 Å². The number of ether oxygens (including phenoxy) is 4. The van der Waals surface area contributed by atoms with Crippen molar-refractivity contribution in [3.8, 4) is 34.6 Å². The van der Waals surface area contributed by atoms with E-state index in [2.05, 4.69) is 84.7 Å². The van der Waals surface area contributed by atoms with Crippen molar-refractivity contribution < 1.29 is 24.1 Å². The van der Waals surface area contributed by atoms with Crippen LogP contribution in [0.25, 0.3) is 11.1 Å². The summed E-state index contributed by atoms with van der Waals surface area (Å²) < 4.78 is 23.3. The summed E-state index contributed by atoms with van der Waals surface area (Å²) in [5.41, 5.74) is 8.63. The number of nitrogens with zero attached hydrogens (tertiary/aromatic N) is 2. The van der Waals surface area contributed by atoms with Gasteiger partial charge in [-0.05, 0) is 78.7 Å². The Morgan fingerprint density at radius 1 is 0.630 bits per heavy atom. The summed E-state index contributed by atoms with van der Waals surface area (Å²) in [6, 6.07) is 20.2. The molecule has 0 amide bonds. The Labute approximate surface area is 273 Å². The normalized spacial score (nSPS) is 11.8. The number of nitrogens with one attached hydrogen (secondary N) is 2. The molecule has 3 N–H and O–H groups in total. The number of aromatic nitrogens is 2. The summed E-state index contributed by atoms with van der Waals surface area (Å²) in [6.07, 6.45) is -0.424. The molecule has 0 saturated heterocycles. The molecule has 246 valence electrons. The standard InChI is InChI=1S/C37H48N4O5/c1-24(2)18-38-20-28-14-16-34(40-36(28)43-6)45-22-30-10-8-12-32(26(30)4)33-13-9-11-31(27(33)5)23-46-35-17-15-29(37(41-35)44-7)21-39-19-25(3)42/h8-17,24-25,38-39,42H,18-23H2,1-7H3. The molecule has 0 saturated carbocycles. The lowest BCUT2D eigenvalue weighted by Crippen LogP contribution is -2.24. The Bertz CT molecular complexity index is 1460. The molecule has 1 unspecified atom stereocenters. The molecule has 2 heterocycles. The molecular formula is C37H48N4O5. The number of aliphatic hydroxyl groups is 1. The van der Waals surface area contributed by atoms with Crippen LogP contribution in [0.1, 0.15) is 54.2 Å². The number of hydrogen-bond acceptors (Lipinski definition) is 9. The minimum absolute atomic E-state index is 0.369. The van der Waals surface area contributed by atoms with Gasteiger partial charge in [-0.2, -0.15) is 9.97 Å². The molecule has 0 aliphatic carbocycles. The van der Waals surface area contributed by atoms with E-state index in [1.54, 1.807) is 21.1 Å². The van der Waals surface area contributed by atoms with E-state index in [-0.39, 0.29) is 0 Å². The minimum atomic E-state index is -0.424. The first-order valence-corrected chi connectivity index (χ1v) is 15.8. The molecule has 0 aliphatic rings. The summed E-state index contributed by atoms with van der Waals surface area (Å²) in [4.78, 5) is 9.14. The van der Waals surface area contributed by atoms with Gasteiger partial charge in [-0.15, -0.1) is 0 Å². The molecule has 4 aromatic rings. The molecule has 46 heavy (non-hydrogen) atoms. The molecule has 0 radical (unpaired) electrons. The van der Waals surface area contributed by atoms with Crippen LogP contribution in [0.15, 0.2) is 60.7 Å². The third kappa shape index (κ3) is 9.42. The average Bonchev–Trinajstić information content (AvgIpc) is 3.04. The van der Waals surface area contributed by atoms with Crippen molar-refractivity contribution in [2.24, 2.45) is 5.92 Å². The number of methoxy groups -OCH3 is 2. The van der Waals surface area contributed by atoms with Crippen LogP contribution in [0.5, 0.6) is 23.5 Å². The molecular weight excluding hydrogens is 580 g/mol. The van der Waals surface area contributed by atoms with Crippen LogP contribution in [0.3, 0.4) is 0 Å². The van der Waals surface area contributed by atoms with Crippen LogP contribution in [-0.4, -0.2) is 48.5 Å². The van der Waals surface area contributed by atoms with Crippen molar-refractivity contribution in [2.75, 3.05) is 27.3 Å². The van der Waals surface area contributed by atoms with Crippen LogP contribution >= 0.6 is 0 Å². The number of pyridine rings is 2. The summed E-state index contributed by atoms with van der Waals surface area (Å²) in [7, 11) is 3.23. The Morgan fingerprint density at radius 3 is 1.50 bits per heavy atom. The first-order valence-electron chi connectivity index (χ1n) is 15.8. The third-order valence-electron chi connectivity index (χ3n) is 7.77. The highest BCUT2D eigenvalue weighted by Crippen LogP contribution is 2.31. The van der Waals surface area contributed by atoms with Crippen molar-refractivity contribution >= 4 is 0 Å². The lowest BCUT2D eigenvalue weighted by atomic mass is 9.92. The lowest BCUT2D eigenvalue weighted by molar-refractivity contribution is 0.190. The van der Waals surface area contributed by atoms with Gasteiger partial charge in [0, 0.05) is 42.9 Å². The Morgan fingerprint density at radius 2 is 1.09 bits per heavy atom. The van der Waals surface area contributed by atoms with Crippen molar-refractivity contribution in [3.05, 3.63) is 94.0 Å². The number of benzene rings is 2. The predicted molar refractivity (Wildman–Crippen MR) is 182 cm³/mol. The molecule has 2 aromatic heterocycles. The highest BCUT2D eigenvalue weighted by atomic mass is 16.5. The van der Waals surface area contributed by atoms with Gasteiger partial charge in [-0.1, -0.05) is 50.2 Å². The van der Waals surface area contributed by atoms with E-state index in [4.69, 9.17) is 18.9 Å². The SMILES string of the molecule is COc1nc(OCc2cccc(-c3cccc(COc4ccc(CNCC(C)O)c(OC)n4)c3C)c2C)ccc1CNCC(C)C. The van der Waals surface area contributed by atoms with Crippen molar-refractivity contribution in [3.63, 3.8) is 0 Å². The molecule has 9 nitrogen and oxygen atoms in total. The highest BCUT2D eigenvalue weighted by Gasteiger charge is 2.14. The number of hydrogen-bond donors (Lipinski definition) is 3. The van der Waals surface area contributed by atoms with E-state index >= 15 is 0 Å². The summed E-state index contributed by atoms with van der Waals surface area (Å²) in [5, 5.41) is 16.1. The first-order chi connectivity index (χ1) is 22.2. The Hall–Kier alpha value is -4.18. The smallest absolute Gasteiger partial charge is 0.220 e. The second kappa shape index (κ2) is 16.9. The van der Waals surface area contributed by atoms with Gasteiger partial charge in [0.1, 0.15) is 13.2 Å².